The number of fused-ring (bicyclic) bond motifs is 13. The van der Waals surface area contributed by atoms with Crippen molar-refractivity contribution in [3.05, 3.63) is 195 Å². The minimum atomic E-state index is -0.912. The molecule has 0 unspecified atom stereocenters. The average Bonchev–Trinajstić information content (AvgIpc) is 1.39. The van der Waals surface area contributed by atoms with Crippen LogP contribution in [0, 0.1) is 0 Å². The van der Waals surface area contributed by atoms with Crippen molar-refractivity contribution in [1.82, 2.24) is 35.1 Å². The van der Waals surface area contributed by atoms with E-state index in [-0.39, 0.29) is 47.7 Å². The Morgan fingerprint density at radius 3 is 1.44 bits per heavy atom. The number of aromatic amines is 2. The summed E-state index contributed by atoms with van der Waals surface area (Å²) >= 11 is 0. The van der Waals surface area contributed by atoms with Gasteiger partial charge in [-0.05, 0) is 183 Å². The number of aryl methyl sites for hydroxylation is 2. The molecule has 0 aliphatic carbocycles. The number of carboxylic acids is 1. The van der Waals surface area contributed by atoms with Crippen molar-refractivity contribution in [2.45, 2.75) is 154 Å². The molecule has 6 aliphatic rings. The smallest absolute Gasteiger partial charge is 0.411 e. The summed E-state index contributed by atoms with van der Waals surface area (Å²) < 4.78 is 14.0. The number of imidazole rings is 2. The normalized spacial score (nSPS) is 17.4. The zero-order valence-corrected chi connectivity index (χ0v) is 63.6. The molecule has 6 bridgehead atoms. The number of carbonyl (C=O) groups excluding carboxylic acids is 8. The van der Waals surface area contributed by atoms with Gasteiger partial charge in [0.15, 0.2) is 0 Å². The van der Waals surface area contributed by atoms with E-state index in [9.17, 15) is 48.3 Å². The third-order valence-electron chi connectivity index (χ3n) is 21.0. The molecular formula is C84H95N15O13. The van der Waals surface area contributed by atoms with Gasteiger partial charge in [-0.3, -0.25) is 44.9 Å². The Kier molecular flexibility index (Phi) is 26.1. The lowest BCUT2D eigenvalue weighted by Gasteiger charge is -2.35. The SMILES string of the molecule is CCc1ccc(C(=O)O)c(CCN[C@H]2CCCCC(=O)Nc3cc(NC(=O)OC)ccc3C3=CCC2=N3)c1.CCc1ccc2c(c1)CCN([C@H]1CCCCC(=O)Nc3cc(NC(=O)OC)ccc3-c3cnc1[nH]3)C2=O.COC(=O)Nc1ccc2c(c1)NC(=O)CCCC[C@H](N1CCc3cc(CN)ccc3C1=O)c1ncc-2[nH]1. The molecule has 28 heteroatoms. The quantitative estimate of drug-likeness (QED) is 0.0478. The topological polar surface area (TPSA) is 388 Å². The Labute approximate surface area is 648 Å². The average molecular weight is 1520 g/mol. The van der Waals surface area contributed by atoms with Gasteiger partial charge in [0.2, 0.25) is 17.7 Å². The predicted octanol–water partition coefficient (Wildman–Crippen LogP) is 14.1. The van der Waals surface area contributed by atoms with E-state index in [0.29, 0.717) is 141 Å². The van der Waals surface area contributed by atoms with Crippen molar-refractivity contribution >= 4 is 99.3 Å². The Hall–Kier alpha value is -12.3. The number of nitrogens with zero attached hydrogens (tertiary/aromatic N) is 5. The number of carbonyl (C=O) groups is 9. The van der Waals surface area contributed by atoms with E-state index < -0.39 is 24.2 Å². The van der Waals surface area contributed by atoms with Crippen LogP contribution in [0.1, 0.15) is 191 Å². The Morgan fingerprint density at radius 1 is 0.527 bits per heavy atom. The van der Waals surface area contributed by atoms with Crippen LogP contribution in [-0.2, 0) is 67.2 Å². The summed E-state index contributed by atoms with van der Waals surface area (Å²) in [5.74, 6) is 0.213. The van der Waals surface area contributed by atoms with E-state index in [4.69, 9.17) is 10.7 Å². The Balaban J connectivity index is 0.000000156. The summed E-state index contributed by atoms with van der Waals surface area (Å²) in [6, 6.07) is 32.8. The number of carboxylic acid groups (broad SMARTS) is 1. The van der Waals surface area contributed by atoms with Crippen molar-refractivity contribution in [2.24, 2.45) is 10.7 Å². The molecule has 28 nitrogen and oxygen atoms in total. The zero-order chi connectivity index (χ0) is 79.0. The summed E-state index contributed by atoms with van der Waals surface area (Å²) in [6.45, 7) is 6.44. The van der Waals surface area contributed by atoms with Crippen molar-refractivity contribution in [2.75, 3.05) is 72.9 Å². The molecule has 3 atom stereocenters. The highest BCUT2D eigenvalue weighted by Crippen LogP contribution is 2.40. The number of methoxy groups -OCH3 is 3. The lowest BCUT2D eigenvalue weighted by atomic mass is 9.93. The number of benzene rings is 6. The van der Waals surface area contributed by atoms with Crippen LogP contribution >= 0.6 is 0 Å². The van der Waals surface area contributed by atoms with E-state index in [1.165, 1.54) is 26.9 Å². The van der Waals surface area contributed by atoms with Crippen LogP contribution in [0.3, 0.4) is 0 Å². The fourth-order valence-electron chi connectivity index (χ4n) is 15.0. The zero-order valence-electron chi connectivity index (χ0n) is 63.6. The highest BCUT2D eigenvalue weighted by molar-refractivity contribution is 6.04. The van der Waals surface area contributed by atoms with Crippen LogP contribution in [0.2, 0.25) is 0 Å². The number of rotatable bonds is 13. The van der Waals surface area contributed by atoms with Crippen LogP contribution < -0.4 is 43.0 Å². The molecule has 2 aromatic heterocycles. The molecule has 6 aliphatic heterocycles. The number of anilines is 6. The van der Waals surface area contributed by atoms with Crippen molar-refractivity contribution < 1.29 is 62.5 Å². The summed E-state index contributed by atoms with van der Waals surface area (Å²) in [4.78, 5) is 137. The van der Waals surface area contributed by atoms with Gasteiger partial charge in [0.1, 0.15) is 11.6 Å². The third kappa shape index (κ3) is 19.3. The molecule has 0 radical (unpaired) electrons. The van der Waals surface area contributed by atoms with E-state index in [1.807, 2.05) is 70.5 Å². The molecule has 8 amide bonds. The fraction of sp³-hybridized carbons (Fsp3) is 0.357. The monoisotopic (exact) mass is 1520 g/mol. The summed E-state index contributed by atoms with van der Waals surface area (Å²) in [6.07, 6.45) is 16.1. The minimum Gasteiger partial charge on any atom is -0.478 e. The lowest BCUT2D eigenvalue weighted by molar-refractivity contribution is -0.117. The number of hydrogen-bond acceptors (Lipinski definition) is 17. The number of hydrogen-bond donors (Lipinski definition) is 11. The van der Waals surface area contributed by atoms with Crippen LogP contribution in [0.4, 0.5) is 48.5 Å². The van der Waals surface area contributed by atoms with Crippen LogP contribution in [-0.4, -0.2) is 141 Å². The van der Waals surface area contributed by atoms with Gasteiger partial charge in [0.05, 0.1) is 85.5 Å². The maximum Gasteiger partial charge on any atom is 0.411 e. The summed E-state index contributed by atoms with van der Waals surface area (Å²) in [7, 11) is 3.88. The first-order chi connectivity index (χ1) is 54.3. The molecule has 8 heterocycles. The number of nitrogens with one attached hydrogen (secondary N) is 9. The molecule has 584 valence electrons. The third-order valence-corrected chi connectivity index (χ3v) is 21.0. The first-order valence-corrected chi connectivity index (χ1v) is 38.2. The molecular weight excluding hydrogens is 1430 g/mol. The second kappa shape index (κ2) is 36.9. The highest BCUT2D eigenvalue weighted by Gasteiger charge is 2.36. The summed E-state index contributed by atoms with van der Waals surface area (Å²) in [5.41, 5.74) is 22.6. The van der Waals surface area contributed by atoms with Crippen LogP contribution in [0.25, 0.3) is 28.2 Å². The Morgan fingerprint density at radius 2 is 0.964 bits per heavy atom. The van der Waals surface area contributed by atoms with Gasteiger partial charge in [-0.1, -0.05) is 75.6 Å². The van der Waals surface area contributed by atoms with Gasteiger partial charge in [-0.15, -0.1) is 0 Å². The molecule has 0 spiro atoms. The van der Waals surface area contributed by atoms with E-state index >= 15 is 0 Å². The number of amides is 8. The van der Waals surface area contributed by atoms with Gasteiger partial charge < -0.3 is 66.1 Å². The molecule has 0 fully saturated rings. The second-order valence-corrected chi connectivity index (χ2v) is 28.2. The van der Waals surface area contributed by atoms with E-state index in [2.05, 4.69) is 91.3 Å². The number of aromatic carboxylic acids is 1. The number of nitrogens with two attached hydrogens (primary N) is 1. The number of aliphatic imine (C=N–C) groups is 1. The number of ether oxygens (including phenoxy) is 3. The number of aromatic nitrogens is 4. The van der Waals surface area contributed by atoms with Gasteiger partial charge >= 0.3 is 24.2 Å². The van der Waals surface area contributed by atoms with Crippen LogP contribution in [0.15, 0.2) is 133 Å². The second-order valence-electron chi connectivity index (χ2n) is 28.2. The van der Waals surface area contributed by atoms with Gasteiger partial charge in [-0.2, -0.15) is 0 Å². The van der Waals surface area contributed by atoms with Gasteiger partial charge in [-0.25, -0.2) is 29.1 Å². The molecule has 8 aromatic rings. The Bertz CT molecular complexity index is 4740. The summed E-state index contributed by atoms with van der Waals surface area (Å²) in [5, 5.41) is 30.0. The molecule has 0 saturated heterocycles. The lowest BCUT2D eigenvalue weighted by Crippen LogP contribution is -2.41. The minimum absolute atomic E-state index is 0.0171. The first kappa shape index (κ1) is 79.3. The fourth-order valence-corrected chi connectivity index (χ4v) is 15.0. The molecule has 6 aromatic carbocycles. The number of allylic oxidation sites excluding steroid dienone is 1. The standard InChI is InChI=1S/C29H34N4O5.C28H31N5O4.C27H30N6O4/c1-3-18-8-10-21(28(35)36)19(16-18)14-15-30-24-6-4-5-7-27(34)33-26-17-20(31-29(37)38-2)9-11-22(26)23-12-13-25(24)32-23;1-3-17-8-10-20-18(14-17)12-13-33(27(20)35)24-6-4-5-7-25(34)31-22-15-19(30-28(36)37-2)9-11-21(22)23-16-29-26(24)32-23;1-37-27(36)30-18-7-9-20-21(13-18)31-24(34)5-3-2-4-23(25-29-15-22(20)32-25)33-11-10-17-12-16(14-28)6-8-19(17)26(33)35/h8-12,16-17,24,30H,3-7,13-15H2,1-2H3,(H,31,37)(H,33,34)(H,35,36);8-11,14-16,24H,3-7,12-13H2,1-2H3,(H,29,32)(H,30,36)(H,31,34);6-9,12-13,15,23H,2-5,10-11,14,28H2,1H3,(H,29,32)(H,30,36)(H,31,34)/t2*24-;23-/m000/s1. The molecule has 112 heavy (non-hydrogen) atoms. The number of H-pyrrole nitrogens is 2. The molecule has 12 N–H and O–H groups in total. The van der Waals surface area contributed by atoms with Gasteiger partial charge in [0.25, 0.3) is 11.8 Å². The first-order valence-electron chi connectivity index (χ1n) is 38.2. The maximum absolute atomic E-state index is 13.6. The van der Waals surface area contributed by atoms with Crippen molar-refractivity contribution in [1.29, 1.82) is 0 Å². The maximum atomic E-state index is 13.6. The van der Waals surface area contributed by atoms with Gasteiger partial charge in [0, 0.05) is 102 Å². The molecule has 14 rings (SSSR count). The largest absolute Gasteiger partial charge is 0.478 e. The highest BCUT2D eigenvalue weighted by atomic mass is 16.5. The van der Waals surface area contributed by atoms with E-state index in [1.54, 1.807) is 60.9 Å². The van der Waals surface area contributed by atoms with Crippen molar-refractivity contribution in [3.63, 3.8) is 0 Å². The van der Waals surface area contributed by atoms with Crippen LogP contribution in [0.5, 0.6) is 0 Å². The molecule has 0 saturated carbocycles. The predicted molar refractivity (Wildman–Crippen MR) is 427 cm³/mol. The van der Waals surface area contributed by atoms with E-state index in [0.717, 1.165) is 131 Å². The van der Waals surface area contributed by atoms with Crippen molar-refractivity contribution in [3.8, 4) is 22.5 Å².